The van der Waals surface area contributed by atoms with Crippen LogP contribution in [0.25, 0.3) is 21.5 Å². The summed E-state index contributed by atoms with van der Waals surface area (Å²) in [7, 11) is -3.90. The zero-order valence-electron chi connectivity index (χ0n) is 17.9. The second kappa shape index (κ2) is 9.54. The minimum absolute atomic E-state index is 0.0615. The molecule has 0 spiro atoms. The largest absolute Gasteiger partial charge is 0.755 e. The van der Waals surface area contributed by atoms with E-state index >= 15 is 4.39 Å². The van der Waals surface area contributed by atoms with Crippen molar-refractivity contribution in [3.05, 3.63) is 65.5 Å². The fourth-order valence-electron chi connectivity index (χ4n) is 3.51. The van der Waals surface area contributed by atoms with Gasteiger partial charge < -0.3 is 9.54 Å². The molecule has 1 unspecified atom stereocenters. The Bertz CT molecular complexity index is 1580. The number of thiophene rings is 1. The van der Waals surface area contributed by atoms with Gasteiger partial charge in [-0.1, -0.05) is 6.92 Å². The molecule has 0 saturated heterocycles. The lowest BCUT2D eigenvalue weighted by Gasteiger charge is -2.26. The number of nitrogens with two attached hydrogens (primary N) is 1. The van der Waals surface area contributed by atoms with E-state index in [0.717, 1.165) is 23.5 Å². The monoisotopic (exact) mass is 539 g/mol. The van der Waals surface area contributed by atoms with Crippen molar-refractivity contribution in [1.29, 1.82) is 0 Å². The number of anilines is 1. The summed E-state index contributed by atoms with van der Waals surface area (Å²) >= 11 is -1.94. The van der Waals surface area contributed by atoms with Crippen LogP contribution in [-0.4, -0.2) is 39.5 Å². The fourth-order valence-corrected chi connectivity index (χ4v) is 5.85. The second-order valence-corrected chi connectivity index (χ2v) is 11.1. The van der Waals surface area contributed by atoms with E-state index in [2.05, 4.69) is 9.97 Å². The predicted octanol–water partition coefficient (Wildman–Crippen LogP) is 3.46. The summed E-state index contributed by atoms with van der Waals surface area (Å²) in [5, 5.41) is 5.39. The van der Waals surface area contributed by atoms with Gasteiger partial charge in [0.1, 0.15) is 15.7 Å². The predicted molar refractivity (Wildman–Crippen MR) is 127 cm³/mol. The van der Waals surface area contributed by atoms with E-state index in [1.165, 1.54) is 30.6 Å². The number of carbonyl (C=O) groups is 1. The molecule has 1 atom stereocenters. The maximum atomic E-state index is 15.3. The lowest BCUT2D eigenvalue weighted by Crippen LogP contribution is -2.28. The molecule has 3 N–H and O–H groups in total. The van der Waals surface area contributed by atoms with E-state index < -0.39 is 50.0 Å². The third-order valence-corrected chi connectivity index (χ3v) is 8.41. The molecule has 9 nitrogen and oxygen atoms in total. The number of aromatic amines is 1. The Hall–Kier alpha value is -3.04. The van der Waals surface area contributed by atoms with Gasteiger partial charge >= 0.3 is 0 Å². The molecule has 0 aliphatic carbocycles. The molecule has 4 rings (SSSR count). The number of nitrogens with one attached hydrogen (secondary N) is 1. The number of pyridine rings is 1. The molecule has 0 radical (unpaired) electrons. The van der Waals surface area contributed by atoms with Crippen LogP contribution in [-0.2, 0) is 21.3 Å². The Labute approximate surface area is 205 Å². The SMILES string of the molecule is CCCN(c1ccc(F)c(C(=O)c2c[nH]c3ncc(-c4ccc(S(N)(=O)=O)s4)cc23)c1F)S(=O)[O-]. The molecule has 3 heterocycles. The lowest BCUT2D eigenvalue weighted by molar-refractivity contribution is 0.103. The van der Waals surface area contributed by atoms with E-state index in [-0.39, 0.29) is 27.4 Å². The summed E-state index contributed by atoms with van der Waals surface area (Å²) < 4.78 is 76.9. The number of hydrogen-bond acceptors (Lipinski definition) is 7. The highest BCUT2D eigenvalue weighted by Crippen LogP contribution is 2.33. The molecule has 35 heavy (non-hydrogen) atoms. The molecule has 0 amide bonds. The molecule has 1 aromatic carbocycles. The number of fused-ring (bicyclic) bond motifs is 1. The quantitative estimate of drug-likeness (QED) is 0.259. The fraction of sp³-hybridized carbons (Fsp3) is 0.143. The van der Waals surface area contributed by atoms with Crippen LogP contribution in [0.1, 0.15) is 29.3 Å². The van der Waals surface area contributed by atoms with E-state index in [4.69, 9.17) is 5.14 Å². The Morgan fingerprint density at radius 2 is 2.03 bits per heavy atom. The first kappa shape index (κ1) is 25.1. The van der Waals surface area contributed by atoms with Gasteiger partial charge in [0, 0.05) is 51.6 Å². The van der Waals surface area contributed by atoms with Gasteiger partial charge in [-0.2, -0.15) is 0 Å². The van der Waals surface area contributed by atoms with E-state index in [1.54, 1.807) is 6.92 Å². The normalized spacial score (nSPS) is 12.7. The molecule has 0 aliphatic heterocycles. The van der Waals surface area contributed by atoms with Crippen LogP contribution in [0, 0.1) is 11.6 Å². The number of rotatable bonds is 8. The summed E-state index contributed by atoms with van der Waals surface area (Å²) in [6.07, 6.45) is 3.05. The van der Waals surface area contributed by atoms with Crippen molar-refractivity contribution in [3.63, 3.8) is 0 Å². The summed E-state index contributed by atoms with van der Waals surface area (Å²) in [6, 6.07) is 6.18. The van der Waals surface area contributed by atoms with E-state index in [1.807, 2.05) is 0 Å². The first-order valence-corrected chi connectivity index (χ1v) is 13.4. The Kier molecular flexibility index (Phi) is 6.83. The third kappa shape index (κ3) is 4.75. The molecule has 184 valence electrons. The van der Waals surface area contributed by atoms with Gasteiger partial charge in [-0.25, -0.2) is 27.3 Å². The highest BCUT2D eigenvalue weighted by atomic mass is 32.2. The van der Waals surface area contributed by atoms with E-state index in [9.17, 15) is 26.4 Å². The number of aromatic nitrogens is 2. The zero-order chi connectivity index (χ0) is 25.5. The molecular formula is C21H17F2N4O5S3-. The molecule has 0 fully saturated rings. The number of sulfonamides is 1. The highest BCUT2D eigenvalue weighted by Gasteiger charge is 2.26. The van der Waals surface area contributed by atoms with Gasteiger partial charge in [-0.05, 0) is 36.8 Å². The van der Waals surface area contributed by atoms with Crippen LogP contribution < -0.4 is 9.44 Å². The minimum atomic E-state index is -3.90. The first-order chi connectivity index (χ1) is 16.5. The number of primary sulfonamides is 1. The molecular weight excluding hydrogens is 522 g/mol. The zero-order valence-corrected chi connectivity index (χ0v) is 20.4. The van der Waals surface area contributed by atoms with Gasteiger partial charge in [0.25, 0.3) is 0 Å². The van der Waals surface area contributed by atoms with Crippen molar-refractivity contribution in [1.82, 2.24) is 9.97 Å². The number of H-pyrrole nitrogens is 1. The molecule has 0 aliphatic rings. The highest BCUT2D eigenvalue weighted by molar-refractivity contribution is 7.91. The standard InChI is InChI=1S/C21H18F2N4O5S3/c1-2-7-27(34(29)30)15-4-3-14(22)18(19(15)23)20(28)13-10-26-21-12(13)8-11(9-25-21)16-5-6-17(33-16)35(24,31)32/h3-6,8-10H,2,7H2,1H3,(H,25,26)(H,29,30)(H2,24,31,32)/p-1. The van der Waals surface area contributed by atoms with Crippen molar-refractivity contribution in [2.24, 2.45) is 5.14 Å². The molecule has 0 bridgehead atoms. The van der Waals surface area contributed by atoms with Crippen LogP contribution in [0.2, 0.25) is 0 Å². The average Bonchev–Trinajstić information content (AvgIpc) is 3.45. The lowest BCUT2D eigenvalue weighted by atomic mass is 10.0. The van der Waals surface area contributed by atoms with Crippen molar-refractivity contribution in [2.45, 2.75) is 17.6 Å². The van der Waals surface area contributed by atoms with Crippen LogP contribution in [0.3, 0.4) is 0 Å². The van der Waals surface area contributed by atoms with Gasteiger partial charge in [-0.15, -0.1) is 11.3 Å². The van der Waals surface area contributed by atoms with Crippen LogP contribution in [0.4, 0.5) is 14.5 Å². The minimum Gasteiger partial charge on any atom is -0.755 e. The third-order valence-electron chi connectivity index (χ3n) is 5.10. The number of ketones is 1. The number of hydrogen-bond donors (Lipinski definition) is 2. The Morgan fingerprint density at radius 1 is 1.29 bits per heavy atom. The van der Waals surface area contributed by atoms with Crippen molar-refractivity contribution in [3.8, 4) is 10.4 Å². The maximum Gasteiger partial charge on any atom is 0.247 e. The number of carbonyl (C=O) groups excluding carboxylic acids is 1. The number of halogens is 2. The number of nitrogens with zero attached hydrogens (tertiary/aromatic N) is 2. The average molecular weight is 540 g/mol. The van der Waals surface area contributed by atoms with Crippen LogP contribution in [0.5, 0.6) is 0 Å². The Balaban J connectivity index is 1.81. The van der Waals surface area contributed by atoms with Crippen molar-refractivity contribution in [2.75, 3.05) is 10.8 Å². The number of benzene rings is 1. The second-order valence-electron chi connectivity index (χ2n) is 7.39. The maximum absolute atomic E-state index is 15.3. The first-order valence-electron chi connectivity index (χ1n) is 10.0. The van der Waals surface area contributed by atoms with Crippen LogP contribution in [0.15, 0.2) is 46.9 Å². The summed E-state index contributed by atoms with van der Waals surface area (Å²) in [5.41, 5.74) is -0.745. The topological polar surface area (TPSA) is 149 Å². The summed E-state index contributed by atoms with van der Waals surface area (Å²) in [5.74, 6) is -3.47. The summed E-state index contributed by atoms with van der Waals surface area (Å²) in [4.78, 5) is 20.7. The molecule has 14 heteroatoms. The van der Waals surface area contributed by atoms with Crippen molar-refractivity contribution >= 4 is 55.1 Å². The van der Waals surface area contributed by atoms with Crippen LogP contribution >= 0.6 is 11.3 Å². The van der Waals surface area contributed by atoms with Gasteiger partial charge in [-0.3, -0.25) is 13.3 Å². The van der Waals surface area contributed by atoms with Crippen molar-refractivity contribution < 1.29 is 30.8 Å². The molecule has 4 aromatic rings. The van der Waals surface area contributed by atoms with Gasteiger partial charge in [0.15, 0.2) is 5.82 Å². The summed E-state index contributed by atoms with van der Waals surface area (Å²) in [6.45, 7) is 1.62. The van der Waals surface area contributed by atoms with E-state index in [0.29, 0.717) is 21.2 Å². The van der Waals surface area contributed by atoms with Gasteiger partial charge in [0.05, 0.1) is 11.3 Å². The molecule has 0 saturated carbocycles. The molecule has 3 aromatic heterocycles. The van der Waals surface area contributed by atoms with Gasteiger partial charge in [0.2, 0.25) is 15.8 Å². The smallest absolute Gasteiger partial charge is 0.247 e. The Morgan fingerprint density at radius 3 is 2.66 bits per heavy atom.